The van der Waals surface area contributed by atoms with Crippen molar-refractivity contribution >= 4 is 5.97 Å². The third-order valence-corrected chi connectivity index (χ3v) is 3.35. The summed E-state index contributed by atoms with van der Waals surface area (Å²) < 4.78 is 29.2. The van der Waals surface area contributed by atoms with E-state index in [9.17, 15) is 18.7 Å². The van der Waals surface area contributed by atoms with Gasteiger partial charge in [0, 0.05) is 19.0 Å². The fourth-order valence-electron chi connectivity index (χ4n) is 2.56. The van der Waals surface area contributed by atoms with Gasteiger partial charge in [-0.05, 0) is 18.7 Å². The maximum Gasteiger partial charge on any atom is 0.387 e. The zero-order valence-corrected chi connectivity index (χ0v) is 10.4. The summed E-state index contributed by atoms with van der Waals surface area (Å²) >= 11 is 0. The minimum atomic E-state index is -2.91. The molecule has 0 saturated carbocycles. The fourth-order valence-corrected chi connectivity index (χ4v) is 2.56. The van der Waals surface area contributed by atoms with E-state index in [2.05, 4.69) is 4.74 Å². The third-order valence-electron chi connectivity index (χ3n) is 3.35. The van der Waals surface area contributed by atoms with Gasteiger partial charge >= 0.3 is 12.6 Å². The lowest BCUT2D eigenvalue weighted by Crippen LogP contribution is -2.22. The molecule has 0 aliphatic carbocycles. The van der Waals surface area contributed by atoms with E-state index in [0.717, 1.165) is 0 Å². The van der Waals surface area contributed by atoms with Crippen LogP contribution in [0.5, 0.6) is 5.75 Å². The number of rotatable bonds is 4. The summed E-state index contributed by atoms with van der Waals surface area (Å²) in [5.41, 5.74) is 0.527. The molecule has 1 N–H and O–H groups in total. The lowest BCUT2D eigenvalue weighted by Gasteiger charge is -2.18. The standard InChI is InChI=1S/C13H15F2NO3/c1-16-6-9(10(7-16)12(17)18)8-4-2-3-5-11(8)19-13(14)15/h2-5,9-10,13H,6-7H2,1H3,(H,17,18). The number of likely N-dealkylation sites (N-methyl/N-ethyl adjacent to an activating group) is 1. The Balaban J connectivity index is 2.32. The Bertz CT molecular complexity index is 467. The number of ether oxygens (including phenoxy) is 1. The number of likely N-dealkylation sites (tertiary alicyclic amines) is 1. The van der Waals surface area contributed by atoms with Crippen LogP contribution in [0.4, 0.5) is 8.78 Å². The van der Waals surface area contributed by atoms with Crippen LogP contribution in [-0.4, -0.2) is 42.7 Å². The molecule has 0 bridgehead atoms. The highest BCUT2D eigenvalue weighted by Crippen LogP contribution is 2.37. The number of benzene rings is 1. The van der Waals surface area contributed by atoms with Gasteiger partial charge in [-0.3, -0.25) is 4.79 Å². The molecule has 1 aliphatic rings. The van der Waals surface area contributed by atoms with E-state index in [0.29, 0.717) is 18.7 Å². The average Bonchev–Trinajstić information content (AvgIpc) is 2.71. The molecule has 6 heteroatoms. The molecule has 2 atom stereocenters. The van der Waals surface area contributed by atoms with Gasteiger partial charge in [0.1, 0.15) is 5.75 Å². The molecule has 0 radical (unpaired) electrons. The van der Waals surface area contributed by atoms with Gasteiger partial charge in [-0.25, -0.2) is 0 Å². The van der Waals surface area contributed by atoms with Crippen LogP contribution in [0.25, 0.3) is 0 Å². The molecule has 104 valence electrons. The van der Waals surface area contributed by atoms with Crippen molar-refractivity contribution in [1.29, 1.82) is 0 Å². The Morgan fingerprint density at radius 1 is 1.42 bits per heavy atom. The van der Waals surface area contributed by atoms with Gasteiger partial charge in [0.15, 0.2) is 0 Å². The summed E-state index contributed by atoms with van der Waals surface area (Å²) in [6.07, 6.45) is 0. The molecule has 2 rings (SSSR count). The van der Waals surface area contributed by atoms with E-state index in [4.69, 9.17) is 0 Å². The summed E-state index contributed by atoms with van der Waals surface area (Å²) in [7, 11) is 1.81. The summed E-state index contributed by atoms with van der Waals surface area (Å²) in [6, 6.07) is 6.39. The molecule has 19 heavy (non-hydrogen) atoms. The van der Waals surface area contributed by atoms with Crippen LogP contribution < -0.4 is 4.74 Å². The number of aliphatic carboxylic acids is 1. The van der Waals surface area contributed by atoms with Gasteiger partial charge < -0.3 is 14.7 Å². The Kier molecular flexibility index (Phi) is 3.99. The molecule has 4 nitrogen and oxygen atoms in total. The number of alkyl halides is 2. The predicted molar refractivity (Wildman–Crippen MR) is 64.4 cm³/mol. The minimum Gasteiger partial charge on any atom is -0.481 e. The highest BCUT2D eigenvalue weighted by atomic mass is 19.3. The molecule has 1 fully saturated rings. The molecule has 1 aliphatic heterocycles. The van der Waals surface area contributed by atoms with Crippen molar-refractivity contribution in [2.24, 2.45) is 5.92 Å². The topological polar surface area (TPSA) is 49.8 Å². The van der Waals surface area contributed by atoms with Crippen molar-refractivity contribution in [3.63, 3.8) is 0 Å². The molecular weight excluding hydrogens is 256 g/mol. The van der Waals surface area contributed by atoms with E-state index in [1.165, 1.54) is 6.07 Å². The number of para-hydroxylation sites is 1. The largest absolute Gasteiger partial charge is 0.481 e. The second-order valence-corrected chi connectivity index (χ2v) is 4.69. The van der Waals surface area contributed by atoms with E-state index in [-0.39, 0.29) is 11.7 Å². The van der Waals surface area contributed by atoms with E-state index in [1.807, 2.05) is 11.9 Å². The van der Waals surface area contributed by atoms with E-state index >= 15 is 0 Å². The van der Waals surface area contributed by atoms with Crippen LogP contribution in [0.1, 0.15) is 11.5 Å². The Morgan fingerprint density at radius 3 is 2.74 bits per heavy atom. The first-order valence-corrected chi connectivity index (χ1v) is 5.94. The number of carbonyl (C=O) groups is 1. The van der Waals surface area contributed by atoms with E-state index < -0.39 is 18.5 Å². The number of carboxylic acid groups (broad SMARTS) is 1. The van der Waals surface area contributed by atoms with Crippen molar-refractivity contribution in [2.45, 2.75) is 12.5 Å². The first-order valence-electron chi connectivity index (χ1n) is 5.94. The zero-order chi connectivity index (χ0) is 14.0. The van der Waals surface area contributed by atoms with Gasteiger partial charge in [0.05, 0.1) is 5.92 Å². The van der Waals surface area contributed by atoms with Crippen molar-refractivity contribution < 1.29 is 23.4 Å². The van der Waals surface area contributed by atoms with Gasteiger partial charge in [-0.2, -0.15) is 8.78 Å². The molecule has 0 aromatic heterocycles. The molecule has 2 unspecified atom stereocenters. The Morgan fingerprint density at radius 2 is 2.11 bits per heavy atom. The van der Waals surface area contributed by atoms with Crippen LogP contribution >= 0.6 is 0 Å². The van der Waals surface area contributed by atoms with Gasteiger partial charge in [0.25, 0.3) is 0 Å². The number of hydrogen-bond acceptors (Lipinski definition) is 3. The summed E-state index contributed by atoms with van der Waals surface area (Å²) in [6.45, 7) is -1.99. The zero-order valence-electron chi connectivity index (χ0n) is 10.4. The highest BCUT2D eigenvalue weighted by molar-refractivity contribution is 5.72. The van der Waals surface area contributed by atoms with Crippen LogP contribution in [0.15, 0.2) is 24.3 Å². The SMILES string of the molecule is CN1CC(C(=O)O)C(c2ccccc2OC(F)F)C1. The Hall–Kier alpha value is -1.69. The number of carboxylic acids is 1. The maximum absolute atomic E-state index is 12.4. The molecule has 1 aromatic rings. The van der Waals surface area contributed by atoms with Crippen LogP contribution in [0, 0.1) is 5.92 Å². The van der Waals surface area contributed by atoms with E-state index in [1.54, 1.807) is 18.2 Å². The van der Waals surface area contributed by atoms with Crippen LogP contribution in [-0.2, 0) is 4.79 Å². The molecule has 0 spiro atoms. The van der Waals surface area contributed by atoms with Crippen molar-refractivity contribution in [3.8, 4) is 5.75 Å². The monoisotopic (exact) mass is 271 g/mol. The van der Waals surface area contributed by atoms with Gasteiger partial charge in [-0.1, -0.05) is 18.2 Å². The first kappa shape index (κ1) is 13.7. The van der Waals surface area contributed by atoms with Crippen molar-refractivity contribution in [1.82, 2.24) is 4.90 Å². The van der Waals surface area contributed by atoms with Crippen LogP contribution in [0.2, 0.25) is 0 Å². The second-order valence-electron chi connectivity index (χ2n) is 4.69. The smallest absolute Gasteiger partial charge is 0.387 e. The lowest BCUT2D eigenvalue weighted by molar-refractivity contribution is -0.141. The van der Waals surface area contributed by atoms with Gasteiger partial charge in [-0.15, -0.1) is 0 Å². The quantitative estimate of drug-likeness (QED) is 0.910. The van der Waals surface area contributed by atoms with Gasteiger partial charge in [0.2, 0.25) is 0 Å². The van der Waals surface area contributed by atoms with Crippen LogP contribution in [0.3, 0.4) is 0 Å². The number of nitrogens with zero attached hydrogens (tertiary/aromatic N) is 1. The molecular formula is C13H15F2NO3. The predicted octanol–water partition coefficient (Wildman–Crippen LogP) is 2.02. The van der Waals surface area contributed by atoms with Crippen molar-refractivity contribution in [3.05, 3.63) is 29.8 Å². The second kappa shape index (κ2) is 5.52. The highest BCUT2D eigenvalue weighted by Gasteiger charge is 2.38. The maximum atomic E-state index is 12.4. The fraction of sp³-hybridized carbons (Fsp3) is 0.462. The number of hydrogen-bond donors (Lipinski definition) is 1. The summed E-state index contributed by atoms with van der Waals surface area (Å²) in [5, 5.41) is 9.22. The number of halogens is 2. The average molecular weight is 271 g/mol. The molecule has 0 amide bonds. The third kappa shape index (κ3) is 3.01. The summed E-state index contributed by atoms with van der Waals surface area (Å²) in [4.78, 5) is 13.1. The minimum absolute atomic E-state index is 0.0593. The molecule has 1 aromatic carbocycles. The summed E-state index contributed by atoms with van der Waals surface area (Å²) in [5.74, 6) is -1.80. The lowest BCUT2D eigenvalue weighted by atomic mass is 9.88. The van der Waals surface area contributed by atoms with Crippen molar-refractivity contribution in [2.75, 3.05) is 20.1 Å². The first-order chi connectivity index (χ1) is 8.99. The molecule has 1 saturated heterocycles. The Labute approximate surface area is 109 Å². The molecule has 1 heterocycles. The normalized spacial score (nSPS) is 23.8.